The van der Waals surface area contributed by atoms with Crippen molar-refractivity contribution in [1.29, 1.82) is 0 Å². The monoisotopic (exact) mass is 452 g/mol. The summed E-state index contributed by atoms with van der Waals surface area (Å²) >= 11 is 0. The van der Waals surface area contributed by atoms with Crippen molar-refractivity contribution in [2.45, 2.75) is 62.8 Å². The molecule has 0 aliphatic heterocycles. The lowest BCUT2D eigenvalue weighted by molar-refractivity contribution is -0.125. The van der Waals surface area contributed by atoms with E-state index < -0.39 is 10.0 Å². The Morgan fingerprint density at radius 3 is 2.12 bits per heavy atom. The van der Waals surface area contributed by atoms with Crippen LogP contribution in [-0.4, -0.2) is 26.4 Å². The summed E-state index contributed by atoms with van der Waals surface area (Å²) < 4.78 is 28.5. The van der Waals surface area contributed by atoms with E-state index in [-0.39, 0.29) is 22.9 Å². The summed E-state index contributed by atoms with van der Waals surface area (Å²) in [6, 6.07) is 14.0. The molecule has 1 N–H and O–H groups in total. The molecule has 4 fully saturated rings. The zero-order chi connectivity index (χ0) is 22.5. The fraction of sp³-hybridized carbons (Fsp3) is 0.500. The largest absolute Gasteiger partial charge is 0.349 e. The standard InChI is InChI=1S/C26H32N2O3S/c1-18-8-9-24(19(2)10-18)28(32(30,31)23-6-4-3-5-7-23)17-25(29)27-26-14-20-11-21(15-26)13-22(12-20)16-26/h3-10,20-22H,11-17H2,1-2H3,(H,27,29). The van der Waals surface area contributed by atoms with Crippen LogP contribution in [0.3, 0.4) is 0 Å². The lowest BCUT2D eigenvalue weighted by Crippen LogP contribution is -2.61. The molecule has 0 aromatic heterocycles. The van der Waals surface area contributed by atoms with Gasteiger partial charge in [-0.1, -0.05) is 35.9 Å². The maximum Gasteiger partial charge on any atom is 0.264 e. The van der Waals surface area contributed by atoms with Crippen LogP contribution in [0, 0.1) is 31.6 Å². The van der Waals surface area contributed by atoms with Crippen LogP contribution >= 0.6 is 0 Å². The summed E-state index contributed by atoms with van der Waals surface area (Å²) in [6.45, 7) is 3.67. The Kier molecular flexibility index (Phi) is 5.31. The fourth-order valence-corrected chi connectivity index (χ4v) is 8.34. The molecule has 170 valence electrons. The van der Waals surface area contributed by atoms with E-state index in [1.165, 1.54) is 23.6 Å². The number of aryl methyl sites for hydroxylation is 2. The third kappa shape index (κ3) is 3.94. The Bertz CT molecular complexity index is 1090. The molecule has 32 heavy (non-hydrogen) atoms. The van der Waals surface area contributed by atoms with E-state index in [0.717, 1.165) is 30.4 Å². The van der Waals surface area contributed by atoms with Crippen molar-refractivity contribution in [3.8, 4) is 0 Å². The minimum Gasteiger partial charge on any atom is -0.349 e. The highest BCUT2D eigenvalue weighted by Gasteiger charge is 2.51. The van der Waals surface area contributed by atoms with E-state index >= 15 is 0 Å². The minimum absolute atomic E-state index is 0.143. The van der Waals surface area contributed by atoms with Gasteiger partial charge in [-0.15, -0.1) is 0 Å². The molecule has 4 aliphatic carbocycles. The summed E-state index contributed by atoms with van der Waals surface area (Å²) in [7, 11) is -3.88. The molecule has 0 unspecified atom stereocenters. The number of amides is 1. The van der Waals surface area contributed by atoms with Gasteiger partial charge in [-0.25, -0.2) is 8.42 Å². The zero-order valence-corrected chi connectivity index (χ0v) is 19.7. The molecule has 6 heteroatoms. The minimum atomic E-state index is -3.88. The van der Waals surface area contributed by atoms with Gasteiger partial charge in [-0.05, 0) is 93.9 Å². The van der Waals surface area contributed by atoms with Gasteiger partial charge in [0.05, 0.1) is 10.6 Å². The van der Waals surface area contributed by atoms with Gasteiger partial charge >= 0.3 is 0 Å². The third-order valence-corrected chi connectivity index (χ3v) is 9.46. The molecule has 4 aliphatic rings. The molecule has 0 saturated heterocycles. The van der Waals surface area contributed by atoms with Crippen LogP contribution in [-0.2, 0) is 14.8 Å². The highest BCUT2D eigenvalue weighted by Crippen LogP contribution is 2.55. The quantitative estimate of drug-likeness (QED) is 0.697. The third-order valence-electron chi connectivity index (χ3n) is 7.68. The van der Waals surface area contributed by atoms with Gasteiger partial charge in [0.15, 0.2) is 0 Å². The van der Waals surface area contributed by atoms with Gasteiger partial charge in [-0.3, -0.25) is 9.10 Å². The maximum atomic E-state index is 13.6. The Morgan fingerprint density at radius 1 is 0.969 bits per heavy atom. The Morgan fingerprint density at radius 2 is 1.56 bits per heavy atom. The van der Waals surface area contributed by atoms with Crippen molar-refractivity contribution in [2.75, 3.05) is 10.8 Å². The first-order valence-corrected chi connectivity index (χ1v) is 13.1. The number of hydrogen-bond donors (Lipinski definition) is 1. The van der Waals surface area contributed by atoms with Crippen molar-refractivity contribution in [2.24, 2.45) is 17.8 Å². The highest BCUT2D eigenvalue weighted by molar-refractivity contribution is 7.92. The zero-order valence-electron chi connectivity index (χ0n) is 18.9. The van der Waals surface area contributed by atoms with E-state index in [2.05, 4.69) is 5.32 Å². The normalized spacial score (nSPS) is 28.5. The number of nitrogens with zero attached hydrogens (tertiary/aromatic N) is 1. The summed E-state index contributed by atoms with van der Waals surface area (Å²) in [5.41, 5.74) is 2.31. The van der Waals surface area contributed by atoms with Gasteiger partial charge in [0.1, 0.15) is 6.54 Å². The second-order valence-electron chi connectivity index (χ2n) is 10.4. The number of sulfonamides is 1. The second kappa shape index (κ2) is 7.91. The number of hydrogen-bond acceptors (Lipinski definition) is 3. The fourth-order valence-electron chi connectivity index (χ4n) is 6.83. The predicted octanol–water partition coefficient (Wildman–Crippen LogP) is 4.58. The summed E-state index contributed by atoms with van der Waals surface area (Å²) in [4.78, 5) is 13.5. The van der Waals surface area contributed by atoms with Crippen LogP contribution in [0.2, 0.25) is 0 Å². The van der Waals surface area contributed by atoms with E-state index in [0.29, 0.717) is 23.4 Å². The van der Waals surface area contributed by atoms with Crippen LogP contribution in [0.15, 0.2) is 53.4 Å². The molecule has 5 nitrogen and oxygen atoms in total. The molecule has 0 radical (unpaired) electrons. The molecule has 2 aromatic rings. The average molecular weight is 453 g/mol. The highest BCUT2D eigenvalue weighted by atomic mass is 32.2. The summed E-state index contributed by atoms with van der Waals surface area (Å²) in [6.07, 6.45) is 7.02. The van der Waals surface area contributed by atoms with Gasteiger partial charge in [0.2, 0.25) is 5.91 Å². The first-order chi connectivity index (χ1) is 15.2. The number of carbonyl (C=O) groups excluding carboxylic acids is 1. The van der Waals surface area contributed by atoms with Crippen molar-refractivity contribution in [3.63, 3.8) is 0 Å². The van der Waals surface area contributed by atoms with Crippen LogP contribution < -0.4 is 9.62 Å². The maximum absolute atomic E-state index is 13.6. The Hall–Kier alpha value is -2.34. The van der Waals surface area contributed by atoms with E-state index in [4.69, 9.17) is 0 Å². The van der Waals surface area contributed by atoms with Crippen LogP contribution in [0.5, 0.6) is 0 Å². The van der Waals surface area contributed by atoms with Gasteiger partial charge in [0, 0.05) is 5.54 Å². The topological polar surface area (TPSA) is 66.5 Å². The summed E-state index contributed by atoms with van der Waals surface area (Å²) in [5, 5.41) is 3.33. The van der Waals surface area contributed by atoms with Crippen LogP contribution in [0.25, 0.3) is 0 Å². The lowest BCUT2D eigenvalue weighted by Gasteiger charge is -2.57. The molecular formula is C26H32N2O3S. The molecule has 6 rings (SSSR count). The van der Waals surface area contributed by atoms with E-state index in [1.807, 2.05) is 32.0 Å². The molecule has 1 amide bonds. The van der Waals surface area contributed by atoms with Crippen molar-refractivity contribution in [1.82, 2.24) is 5.32 Å². The molecule has 4 saturated carbocycles. The SMILES string of the molecule is Cc1ccc(N(CC(=O)NC23CC4CC(CC(C4)C2)C3)S(=O)(=O)c2ccccc2)c(C)c1. The molecule has 0 atom stereocenters. The van der Waals surface area contributed by atoms with Crippen molar-refractivity contribution < 1.29 is 13.2 Å². The smallest absolute Gasteiger partial charge is 0.264 e. The molecule has 0 heterocycles. The van der Waals surface area contributed by atoms with Crippen molar-refractivity contribution >= 4 is 21.6 Å². The number of benzene rings is 2. The van der Waals surface area contributed by atoms with Gasteiger partial charge in [-0.2, -0.15) is 0 Å². The Balaban J connectivity index is 1.44. The molecule has 4 bridgehead atoms. The average Bonchev–Trinajstić information content (AvgIpc) is 2.72. The Labute approximate surface area is 191 Å². The van der Waals surface area contributed by atoms with Gasteiger partial charge in [0.25, 0.3) is 10.0 Å². The van der Waals surface area contributed by atoms with E-state index in [9.17, 15) is 13.2 Å². The number of nitrogens with one attached hydrogen (secondary N) is 1. The summed E-state index contributed by atoms with van der Waals surface area (Å²) in [5.74, 6) is 1.94. The molecular weight excluding hydrogens is 420 g/mol. The number of carbonyl (C=O) groups is 1. The predicted molar refractivity (Wildman–Crippen MR) is 126 cm³/mol. The van der Waals surface area contributed by atoms with Crippen LogP contribution in [0.4, 0.5) is 5.69 Å². The van der Waals surface area contributed by atoms with Crippen molar-refractivity contribution in [3.05, 3.63) is 59.7 Å². The number of anilines is 1. The van der Waals surface area contributed by atoms with E-state index in [1.54, 1.807) is 30.3 Å². The lowest BCUT2D eigenvalue weighted by atomic mass is 9.53. The first-order valence-electron chi connectivity index (χ1n) is 11.7. The second-order valence-corrected chi connectivity index (χ2v) is 12.2. The van der Waals surface area contributed by atoms with Gasteiger partial charge < -0.3 is 5.32 Å². The molecule has 2 aromatic carbocycles. The number of rotatable bonds is 6. The van der Waals surface area contributed by atoms with Crippen LogP contribution in [0.1, 0.15) is 49.7 Å². The molecule has 0 spiro atoms. The first kappa shape index (κ1) is 21.5.